The molecule has 2 N–H and O–H groups in total. The van der Waals surface area contributed by atoms with Gasteiger partial charge < -0.3 is 5.73 Å². The number of nitrogens with zero attached hydrogens (tertiary/aromatic N) is 1. The van der Waals surface area contributed by atoms with E-state index in [-0.39, 0.29) is 0 Å². The number of hydrogen-bond acceptors (Lipinski definition) is 4. The molecule has 1 rings (SSSR count). The Kier molecular flexibility index (Phi) is 4.75. The summed E-state index contributed by atoms with van der Waals surface area (Å²) >= 11 is 3.51. The van der Waals surface area contributed by atoms with Gasteiger partial charge in [-0.25, -0.2) is 4.98 Å². The van der Waals surface area contributed by atoms with Gasteiger partial charge in [0.2, 0.25) is 0 Å². The number of aromatic nitrogens is 1. The van der Waals surface area contributed by atoms with E-state index in [1.807, 2.05) is 11.8 Å². The van der Waals surface area contributed by atoms with Crippen molar-refractivity contribution in [3.05, 3.63) is 10.7 Å². The lowest BCUT2D eigenvalue weighted by Crippen LogP contribution is -1.93. The van der Waals surface area contributed by atoms with E-state index in [4.69, 9.17) is 5.73 Å². The lowest BCUT2D eigenvalue weighted by Gasteiger charge is -1.97. The van der Waals surface area contributed by atoms with Crippen molar-refractivity contribution in [3.63, 3.8) is 0 Å². The van der Waals surface area contributed by atoms with Crippen molar-refractivity contribution >= 4 is 28.1 Å². The average Bonchev–Trinajstić information content (AvgIpc) is 2.49. The summed E-state index contributed by atoms with van der Waals surface area (Å²) in [4.78, 5) is 4.57. The Morgan fingerprint density at radius 3 is 2.71 bits per heavy atom. The highest BCUT2D eigenvalue weighted by atomic mass is 32.2. The van der Waals surface area contributed by atoms with E-state index < -0.39 is 0 Å². The summed E-state index contributed by atoms with van der Waals surface area (Å²) in [5.41, 5.74) is 7.02. The third kappa shape index (κ3) is 3.17. The van der Waals surface area contributed by atoms with Gasteiger partial charge in [0.05, 0.1) is 10.7 Å². The first-order valence-corrected chi connectivity index (χ1v) is 7.10. The molecule has 0 amide bonds. The van der Waals surface area contributed by atoms with Gasteiger partial charge in [0.25, 0.3) is 0 Å². The zero-order valence-corrected chi connectivity index (χ0v) is 10.7. The molecular weight excluding hydrogens is 212 g/mol. The molecule has 4 heteroatoms. The maximum atomic E-state index is 5.91. The summed E-state index contributed by atoms with van der Waals surface area (Å²) in [6.45, 7) is 4.31. The highest BCUT2D eigenvalue weighted by Gasteiger charge is 2.10. The Morgan fingerprint density at radius 1 is 1.50 bits per heavy atom. The van der Waals surface area contributed by atoms with Gasteiger partial charge in [0, 0.05) is 5.92 Å². The molecule has 0 aliphatic carbocycles. The molecule has 0 radical (unpaired) electrons. The Balaban J connectivity index is 2.58. The topological polar surface area (TPSA) is 38.9 Å². The molecule has 14 heavy (non-hydrogen) atoms. The minimum atomic E-state index is 0.497. The van der Waals surface area contributed by atoms with E-state index in [1.165, 1.54) is 17.2 Å². The minimum Gasteiger partial charge on any atom is -0.389 e. The zero-order valence-electron chi connectivity index (χ0n) is 9.04. The lowest BCUT2D eigenvalue weighted by atomic mass is 10.2. The van der Waals surface area contributed by atoms with E-state index in [1.54, 1.807) is 11.3 Å². The summed E-state index contributed by atoms with van der Waals surface area (Å²) < 4.78 is 0. The molecule has 0 aliphatic heterocycles. The zero-order chi connectivity index (χ0) is 10.6. The van der Waals surface area contributed by atoms with Gasteiger partial charge in [-0.05, 0) is 24.9 Å². The van der Waals surface area contributed by atoms with Gasteiger partial charge in [0.1, 0.15) is 5.00 Å². The number of nitrogens with two attached hydrogens (primary N) is 1. The Morgan fingerprint density at radius 2 is 2.21 bits per heavy atom. The number of thiazole rings is 1. The van der Waals surface area contributed by atoms with Crippen LogP contribution in [0.5, 0.6) is 0 Å². The highest BCUT2D eigenvalue weighted by molar-refractivity contribution is 7.98. The van der Waals surface area contributed by atoms with Crippen LogP contribution in [-0.4, -0.2) is 17.0 Å². The van der Waals surface area contributed by atoms with E-state index >= 15 is 0 Å². The molecule has 80 valence electrons. The third-order valence-electron chi connectivity index (χ3n) is 2.00. The number of rotatable bonds is 5. The second-order valence-electron chi connectivity index (χ2n) is 3.61. The van der Waals surface area contributed by atoms with Crippen molar-refractivity contribution in [2.75, 3.05) is 17.7 Å². The molecule has 1 aromatic heterocycles. The van der Waals surface area contributed by atoms with Gasteiger partial charge in [0.15, 0.2) is 0 Å². The maximum absolute atomic E-state index is 5.91. The molecule has 0 bridgehead atoms. The lowest BCUT2D eigenvalue weighted by molar-refractivity contribution is 0.825. The molecule has 0 aliphatic rings. The number of aryl methyl sites for hydroxylation is 1. The fourth-order valence-corrected chi connectivity index (χ4v) is 2.51. The van der Waals surface area contributed by atoms with E-state index in [0.29, 0.717) is 5.92 Å². The maximum Gasteiger partial charge on any atom is 0.109 e. The molecule has 0 unspecified atom stereocenters. The van der Waals surface area contributed by atoms with Gasteiger partial charge in [-0.1, -0.05) is 13.8 Å². The number of anilines is 1. The van der Waals surface area contributed by atoms with E-state index in [0.717, 1.165) is 17.1 Å². The van der Waals surface area contributed by atoms with Crippen molar-refractivity contribution in [2.45, 2.75) is 32.6 Å². The first kappa shape index (κ1) is 11.9. The molecule has 0 atom stereocenters. The monoisotopic (exact) mass is 230 g/mol. The number of thioether (sulfide) groups is 1. The molecule has 0 aromatic carbocycles. The van der Waals surface area contributed by atoms with Crippen LogP contribution in [0.1, 0.15) is 36.9 Å². The van der Waals surface area contributed by atoms with Gasteiger partial charge in [-0.2, -0.15) is 11.8 Å². The number of nitrogen functional groups attached to an aromatic ring is 1. The SMILES string of the molecule is CSCCCc1nc(C(C)C)sc1N. The van der Waals surface area contributed by atoms with Crippen LogP contribution in [0, 0.1) is 0 Å². The summed E-state index contributed by atoms with van der Waals surface area (Å²) in [7, 11) is 0. The van der Waals surface area contributed by atoms with Crippen LogP contribution in [-0.2, 0) is 6.42 Å². The summed E-state index contributed by atoms with van der Waals surface area (Å²) in [5, 5.41) is 2.08. The van der Waals surface area contributed by atoms with Crippen LogP contribution < -0.4 is 5.73 Å². The van der Waals surface area contributed by atoms with Crippen molar-refractivity contribution in [2.24, 2.45) is 0 Å². The number of hydrogen-bond donors (Lipinski definition) is 1. The van der Waals surface area contributed by atoms with Crippen LogP contribution in [0.2, 0.25) is 0 Å². The van der Waals surface area contributed by atoms with Crippen molar-refractivity contribution in [1.29, 1.82) is 0 Å². The average molecular weight is 230 g/mol. The summed E-state index contributed by atoms with van der Waals surface area (Å²) in [6.07, 6.45) is 4.33. The van der Waals surface area contributed by atoms with Gasteiger partial charge in [-0.15, -0.1) is 11.3 Å². The highest BCUT2D eigenvalue weighted by Crippen LogP contribution is 2.27. The van der Waals surface area contributed by atoms with Crippen molar-refractivity contribution in [1.82, 2.24) is 4.98 Å². The third-order valence-corrected chi connectivity index (χ3v) is 3.92. The van der Waals surface area contributed by atoms with Crippen LogP contribution in [0.3, 0.4) is 0 Å². The fourth-order valence-electron chi connectivity index (χ4n) is 1.19. The Bertz CT molecular complexity index is 282. The van der Waals surface area contributed by atoms with Crippen LogP contribution in [0.4, 0.5) is 5.00 Å². The predicted molar refractivity (Wildman–Crippen MR) is 67.3 cm³/mol. The van der Waals surface area contributed by atoms with Crippen LogP contribution >= 0.6 is 23.1 Å². The quantitative estimate of drug-likeness (QED) is 0.790. The Labute approximate surface area is 94.3 Å². The van der Waals surface area contributed by atoms with Gasteiger partial charge >= 0.3 is 0 Å². The van der Waals surface area contributed by atoms with Crippen LogP contribution in [0.15, 0.2) is 0 Å². The molecule has 0 spiro atoms. The first-order chi connectivity index (χ1) is 6.65. The largest absolute Gasteiger partial charge is 0.389 e. The summed E-state index contributed by atoms with van der Waals surface area (Å²) in [5.74, 6) is 1.69. The molecule has 0 saturated carbocycles. The molecule has 1 heterocycles. The van der Waals surface area contributed by atoms with Crippen LogP contribution in [0.25, 0.3) is 0 Å². The molecular formula is C10H18N2S2. The first-order valence-electron chi connectivity index (χ1n) is 4.89. The van der Waals surface area contributed by atoms with Crippen molar-refractivity contribution < 1.29 is 0 Å². The molecule has 2 nitrogen and oxygen atoms in total. The van der Waals surface area contributed by atoms with E-state index in [2.05, 4.69) is 25.1 Å². The van der Waals surface area contributed by atoms with E-state index in [9.17, 15) is 0 Å². The fraction of sp³-hybridized carbons (Fsp3) is 0.700. The molecule has 0 fully saturated rings. The molecule has 1 aromatic rings. The normalized spacial score (nSPS) is 11.1. The summed E-state index contributed by atoms with van der Waals surface area (Å²) in [6, 6.07) is 0. The minimum absolute atomic E-state index is 0.497. The smallest absolute Gasteiger partial charge is 0.109 e. The standard InChI is InChI=1S/C10H18N2S2/c1-7(2)10-12-8(9(11)14-10)5-4-6-13-3/h7H,4-6,11H2,1-3H3. The second-order valence-corrected chi connectivity index (χ2v) is 5.66. The predicted octanol–water partition coefficient (Wildman–Crippen LogP) is 3.14. The second kappa shape index (κ2) is 5.61. The van der Waals surface area contributed by atoms with Crippen molar-refractivity contribution in [3.8, 4) is 0 Å². The Hall–Kier alpha value is -0.220. The van der Waals surface area contributed by atoms with Gasteiger partial charge in [-0.3, -0.25) is 0 Å². The molecule has 0 saturated heterocycles.